The van der Waals surface area contributed by atoms with Crippen molar-refractivity contribution in [2.75, 3.05) is 19.7 Å². The van der Waals surface area contributed by atoms with Crippen molar-refractivity contribution in [1.82, 2.24) is 10.2 Å². The zero-order valence-electron chi connectivity index (χ0n) is 16.5. The number of hydrogen-bond acceptors (Lipinski definition) is 4. The molecule has 1 saturated carbocycles. The van der Waals surface area contributed by atoms with Gasteiger partial charge in [-0.15, -0.1) is 0 Å². The molecule has 1 aromatic carbocycles. The number of ether oxygens (including phenoxy) is 2. The smallest absolute Gasteiger partial charge is 0.407 e. The van der Waals surface area contributed by atoms with Gasteiger partial charge in [-0.05, 0) is 56.2 Å². The van der Waals surface area contributed by atoms with Gasteiger partial charge < -0.3 is 19.7 Å². The van der Waals surface area contributed by atoms with E-state index < -0.39 is 0 Å². The van der Waals surface area contributed by atoms with Gasteiger partial charge in [0.1, 0.15) is 24.3 Å². The topological polar surface area (TPSA) is 67.9 Å². The predicted molar refractivity (Wildman–Crippen MR) is 105 cm³/mol. The maximum atomic E-state index is 13.3. The number of likely N-dealkylation sites (tertiary alicyclic amines) is 1. The number of hydrogen-bond donors (Lipinski definition) is 1. The summed E-state index contributed by atoms with van der Waals surface area (Å²) in [7, 11) is 0. The van der Waals surface area contributed by atoms with Crippen molar-refractivity contribution in [3.05, 3.63) is 29.0 Å². The Morgan fingerprint density at radius 1 is 1.41 bits per heavy atom. The lowest BCUT2D eigenvalue weighted by molar-refractivity contribution is -0.143. The third kappa shape index (κ3) is 4.15. The molecule has 1 spiro atoms. The number of carbonyl (C=O) groups is 2. The van der Waals surface area contributed by atoms with E-state index in [9.17, 15) is 14.0 Å². The lowest BCUT2D eigenvalue weighted by Gasteiger charge is -2.45. The molecule has 1 atom stereocenters. The fraction of sp³-hybridized carbons (Fsp3) is 0.619. The van der Waals surface area contributed by atoms with E-state index >= 15 is 0 Å². The van der Waals surface area contributed by atoms with E-state index in [0.29, 0.717) is 44.2 Å². The number of nitrogens with one attached hydrogen (secondary N) is 1. The number of carbonyl (C=O) groups excluding carboxylic acids is 2. The van der Waals surface area contributed by atoms with Crippen molar-refractivity contribution >= 4 is 23.6 Å². The maximum absolute atomic E-state index is 13.3. The number of alkyl carbamates (subject to hydrolysis) is 1. The molecule has 2 heterocycles. The molecule has 0 aromatic heterocycles. The van der Waals surface area contributed by atoms with E-state index in [1.165, 1.54) is 12.1 Å². The van der Waals surface area contributed by atoms with Crippen LogP contribution in [0.4, 0.5) is 9.18 Å². The summed E-state index contributed by atoms with van der Waals surface area (Å²) in [5.74, 6) is 0.568. The summed E-state index contributed by atoms with van der Waals surface area (Å²) in [5.41, 5.74) is -0.328. The monoisotopic (exact) mass is 424 g/mol. The molecule has 1 N–H and O–H groups in total. The Hall–Kier alpha value is -2.02. The van der Waals surface area contributed by atoms with Crippen LogP contribution in [-0.2, 0) is 9.53 Å². The fourth-order valence-electron chi connectivity index (χ4n) is 4.77. The van der Waals surface area contributed by atoms with Gasteiger partial charge in [0.2, 0.25) is 5.91 Å². The highest BCUT2D eigenvalue weighted by Crippen LogP contribution is 2.42. The van der Waals surface area contributed by atoms with Gasteiger partial charge >= 0.3 is 6.09 Å². The highest BCUT2D eigenvalue weighted by molar-refractivity contribution is 6.32. The number of rotatable bonds is 5. The first kappa shape index (κ1) is 20.3. The second-order valence-corrected chi connectivity index (χ2v) is 8.80. The summed E-state index contributed by atoms with van der Waals surface area (Å²) in [6.07, 6.45) is 3.44. The van der Waals surface area contributed by atoms with E-state index in [0.717, 1.165) is 19.3 Å². The third-order valence-corrected chi connectivity index (χ3v) is 6.72. The van der Waals surface area contributed by atoms with Crippen molar-refractivity contribution < 1.29 is 23.5 Å². The minimum Gasteiger partial charge on any atom is -0.489 e. The molecular weight excluding hydrogens is 399 g/mol. The average Bonchev–Trinajstić information content (AvgIpc) is 3.08. The predicted octanol–water partition coefficient (Wildman–Crippen LogP) is 3.76. The second-order valence-electron chi connectivity index (χ2n) is 8.39. The van der Waals surface area contributed by atoms with Crippen molar-refractivity contribution in [2.45, 2.75) is 50.7 Å². The number of amides is 2. The molecule has 1 aliphatic carbocycles. The molecule has 8 heteroatoms. The van der Waals surface area contributed by atoms with Crippen LogP contribution in [0.3, 0.4) is 0 Å². The lowest BCUT2D eigenvalue weighted by Crippen LogP contribution is -2.59. The van der Waals surface area contributed by atoms with Crippen LogP contribution < -0.4 is 10.1 Å². The highest BCUT2D eigenvalue weighted by atomic mass is 35.5. The van der Waals surface area contributed by atoms with Crippen LogP contribution >= 0.6 is 11.6 Å². The number of halogens is 2. The SMILES string of the molecule is CCC(Oc1ccc(F)cc1Cl)C1CCN(C(=O)C2CC3(COC(=O)N3)C2)CC1. The molecule has 0 radical (unpaired) electrons. The van der Waals surface area contributed by atoms with Gasteiger partial charge in [0, 0.05) is 19.0 Å². The molecule has 2 amide bonds. The molecule has 0 bridgehead atoms. The first-order chi connectivity index (χ1) is 13.9. The van der Waals surface area contributed by atoms with E-state index in [1.54, 1.807) is 6.07 Å². The standard InChI is InChI=1S/C21H26ClFN2O4/c1-2-17(29-18-4-3-15(23)9-16(18)22)13-5-7-25(8-6-13)19(26)14-10-21(11-14)12-28-20(27)24-21/h3-4,9,13-14,17H,2,5-8,10-12H2,1H3,(H,24,27). The minimum atomic E-state index is -0.386. The van der Waals surface area contributed by atoms with E-state index in [2.05, 4.69) is 12.2 Å². The van der Waals surface area contributed by atoms with Crippen LogP contribution in [0.1, 0.15) is 39.0 Å². The Morgan fingerprint density at radius 2 is 2.14 bits per heavy atom. The normalized spacial score (nSPS) is 27.9. The van der Waals surface area contributed by atoms with Gasteiger partial charge in [0.05, 0.1) is 10.6 Å². The van der Waals surface area contributed by atoms with Gasteiger partial charge in [-0.25, -0.2) is 9.18 Å². The zero-order valence-corrected chi connectivity index (χ0v) is 17.2. The molecule has 3 aliphatic rings. The summed E-state index contributed by atoms with van der Waals surface area (Å²) >= 11 is 6.10. The summed E-state index contributed by atoms with van der Waals surface area (Å²) in [5, 5.41) is 3.11. The van der Waals surface area contributed by atoms with Crippen LogP contribution in [0.5, 0.6) is 5.75 Å². The fourth-order valence-corrected chi connectivity index (χ4v) is 4.98. The van der Waals surface area contributed by atoms with Gasteiger partial charge in [-0.3, -0.25) is 4.79 Å². The first-order valence-corrected chi connectivity index (χ1v) is 10.6. The van der Waals surface area contributed by atoms with Crippen molar-refractivity contribution in [3.63, 3.8) is 0 Å². The molecule has 6 nitrogen and oxygen atoms in total. The van der Waals surface area contributed by atoms with E-state index in [-0.39, 0.29) is 40.4 Å². The largest absolute Gasteiger partial charge is 0.489 e. The van der Waals surface area contributed by atoms with Crippen molar-refractivity contribution in [3.8, 4) is 5.75 Å². The molecule has 2 saturated heterocycles. The molecule has 158 valence electrons. The summed E-state index contributed by atoms with van der Waals surface area (Å²) in [6.45, 7) is 3.82. The number of piperidine rings is 1. The van der Waals surface area contributed by atoms with Crippen LogP contribution in [0, 0.1) is 17.7 Å². The molecule has 2 aliphatic heterocycles. The Balaban J connectivity index is 1.28. The minimum absolute atomic E-state index is 0.0203. The van der Waals surface area contributed by atoms with E-state index in [1.807, 2.05) is 4.90 Å². The van der Waals surface area contributed by atoms with Crippen LogP contribution in [0.25, 0.3) is 0 Å². The Morgan fingerprint density at radius 3 is 2.72 bits per heavy atom. The summed E-state index contributed by atoms with van der Waals surface area (Å²) < 4.78 is 24.3. The summed E-state index contributed by atoms with van der Waals surface area (Å²) in [6, 6.07) is 4.17. The van der Waals surface area contributed by atoms with Crippen molar-refractivity contribution in [1.29, 1.82) is 0 Å². The number of nitrogens with zero attached hydrogens (tertiary/aromatic N) is 1. The third-order valence-electron chi connectivity index (χ3n) is 6.42. The van der Waals surface area contributed by atoms with Gasteiger partial charge in [0.25, 0.3) is 0 Å². The first-order valence-electron chi connectivity index (χ1n) is 10.2. The second kappa shape index (κ2) is 8.01. The number of cyclic esters (lactones) is 1. The van der Waals surface area contributed by atoms with Crippen LogP contribution in [0.15, 0.2) is 18.2 Å². The van der Waals surface area contributed by atoms with Crippen molar-refractivity contribution in [2.24, 2.45) is 11.8 Å². The molecular formula is C21H26ClFN2O4. The lowest BCUT2D eigenvalue weighted by atomic mass is 9.68. The molecule has 3 fully saturated rings. The Kier molecular flexibility index (Phi) is 5.60. The number of benzene rings is 1. The van der Waals surface area contributed by atoms with Gasteiger partial charge in [0.15, 0.2) is 0 Å². The van der Waals surface area contributed by atoms with Gasteiger partial charge in [-0.1, -0.05) is 18.5 Å². The molecule has 1 aromatic rings. The van der Waals surface area contributed by atoms with Crippen LogP contribution in [0.2, 0.25) is 5.02 Å². The molecule has 1 unspecified atom stereocenters. The van der Waals surface area contributed by atoms with E-state index in [4.69, 9.17) is 21.1 Å². The molecule has 4 rings (SSSR count). The maximum Gasteiger partial charge on any atom is 0.407 e. The zero-order chi connectivity index (χ0) is 20.6. The highest BCUT2D eigenvalue weighted by Gasteiger charge is 2.53. The Labute approximate surface area is 174 Å². The quantitative estimate of drug-likeness (QED) is 0.781. The Bertz CT molecular complexity index is 791. The average molecular weight is 425 g/mol. The van der Waals surface area contributed by atoms with Crippen LogP contribution in [-0.4, -0.2) is 48.2 Å². The summed E-state index contributed by atoms with van der Waals surface area (Å²) in [4.78, 5) is 26.0. The molecule has 29 heavy (non-hydrogen) atoms. The van der Waals surface area contributed by atoms with Gasteiger partial charge in [-0.2, -0.15) is 0 Å².